The van der Waals surface area contributed by atoms with Gasteiger partial charge in [0.1, 0.15) is 5.82 Å². The van der Waals surface area contributed by atoms with Crippen LogP contribution < -0.4 is 5.73 Å². The van der Waals surface area contributed by atoms with Gasteiger partial charge in [-0.3, -0.25) is 4.79 Å². The van der Waals surface area contributed by atoms with Crippen molar-refractivity contribution in [3.05, 3.63) is 35.1 Å². The number of amides is 1. The lowest BCUT2D eigenvalue weighted by molar-refractivity contribution is 0.0743. The van der Waals surface area contributed by atoms with Crippen LogP contribution in [0.5, 0.6) is 0 Å². The molecule has 80 valence electrons. The molecule has 1 aromatic carbocycles. The van der Waals surface area contributed by atoms with Crippen molar-refractivity contribution in [3.8, 4) is 0 Å². The molecule has 2 rings (SSSR count). The van der Waals surface area contributed by atoms with Crippen LogP contribution >= 0.6 is 0 Å². The SMILES string of the molecule is NCCN1CCc2c(F)cccc2C1=O. The second-order valence-corrected chi connectivity index (χ2v) is 3.60. The lowest BCUT2D eigenvalue weighted by Crippen LogP contribution is -2.40. The molecule has 1 heterocycles. The first kappa shape index (κ1) is 10.1. The molecule has 4 heteroatoms. The fraction of sp³-hybridized carbons (Fsp3) is 0.364. The maximum atomic E-state index is 13.4. The third-order valence-electron chi connectivity index (χ3n) is 2.67. The summed E-state index contributed by atoms with van der Waals surface area (Å²) >= 11 is 0. The van der Waals surface area contributed by atoms with Gasteiger partial charge in [0, 0.05) is 30.8 Å². The van der Waals surface area contributed by atoms with Crippen molar-refractivity contribution >= 4 is 5.91 Å². The molecule has 1 aromatic rings. The normalized spacial score (nSPS) is 15.3. The maximum Gasteiger partial charge on any atom is 0.254 e. The van der Waals surface area contributed by atoms with Crippen molar-refractivity contribution in [1.29, 1.82) is 0 Å². The second-order valence-electron chi connectivity index (χ2n) is 3.60. The topological polar surface area (TPSA) is 46.3 Å². The van der Waals surface area contributed by atoms with Gasteiger partial charge in [0.15, 0.2) is 0 Å². The largest absolute Gasteiger partial charge is 0.337 e. The van der Waals surface area contributed by atoms with Crippen molar-refractivity contribution < 1.29 is 9.18 Å². The lowest BCUT2D eigenvalue weighted by Gasteiger charge is -2.28. The van der Waals surface area contributed by atoms with Crippen molar-refractivity contribution in [2.75, 3.05) is 19.6 Å². The Morgan fingerprint density at radius 2 is 2.27 bits per heavy atom. The molecule has 0 aliphatic carbocycles. The van der Waals surface area contributed by atoms with Gasteiger partial charge in [-0.2, -0.15) is 0 Å². The van der Waals surface area contributed by atoms with E-state index >= 15 is 0 Å². The highest BCUT2D eigenvalue weighted by atomic mass is 19.1. The maximum absolute atomic E-state index is 13.4. The zero-order valence-electron chi connectivity index (χ0n) is 8.37. The molecular formula is C11H13FN2O. The zero-order chi connectivity index (χ0) is 10.8. The van der Waals surface area contributed by atoms with E-state index < -0.39 is 0 Å². The quantitative estimate of drug-likeness (QED) is 0.780. The van der Waals surface area contributed by atoms with E-state index in [1.165, 1.54) is 6.07 Å². The first-order chi connectivity index (χ1) is 7.24. The number of nitrogens with two attached hydrogens (primary N) is 1. The third kappa shape index (κ3) is 1.72. The van der Waals surface area contributed by atoms with Gasteiger partial charge >= 0.3 is 0 Å². The minimum Gasteiger partial charge on any atom is -0.337 e. The molecule has 0 unspecified atom stereocenters. The monoisotopic (exact) mass is 208 g/mol. The molecule has 0 fully saturated rings. The Balaban J connectivity index is 2.34. The van der Waals surface area contributed by atoms with Gasteiger partial charge in [0.2, 0.25) is 0 Å². The molecule has 1 aliphatic rings. The van der Waals surface area contributed by atoms with Crippen LogP contribution in [-0.4, -0.2) is 30.4 Å². The molecule has 0 atom stereocenters. The minimum atomic E-state index is -0.284. The highest BCUT2D eigenvalue weighted by Crippen LogP contribution is 2.21. The first-order valence-corrected chi connectivity index (χ1v) is 5.00. The van der Waals surface area contributed by atoms with Gasteiger partial charge in [0.05, 0.1) is 0 Å². The highest BCUT2D eigenvalue weighted by Gasteiger charge is 2.25. The molecule has 0 spiro atoms. The average molecular weight is 208 g/mol. The third-order valence-corrected chi connectivity index (χ3v) is 2.67. The van der Waals surface area contributed by atoms with E-state index in [1.807, 2.05) is 0 Å². The molecule has 0 saturated heterocycles. The summed E-state index contributed by atoms with van der Waals surface area (Å²) in [6.45, 7) is 1.54. The van der Waals surface area contributed by atoms with Crippen LogP contribution in [0.25, 0.3) is 0 Å². The molecule has 15 heavy (non-hydrogen) atoms. The van der Waals surface area contributed by atoms with Crippen LogP contribution in [-0.2, 0) is 6.42 Å². The highest BCUT2D eigenvalue weighted by molar-refractivity contribution is 5.96. The van der Waals surface area contributed by atoms with E-state index in [2.05, 4.69) is 0 Å². The molecule has 2 N–H and O–H groups in total. The average Bonchev–Trinajstić information content (AvgIpc) is 2.23. The number of carbonyl (C=O) groups is 1. The van der Waals surface area contributed by atoms with Gasteiger partial charge in [0.25, 0.3) is 5.91 Å². The summed E-state index contributed by atoms with van der Waals surface area (Å²) in [6, 6.07) is 4.63. The van der Waals surface area contributed by atoms with Crippen LogP contribution in [0, 0.1) is 5.82 Å². The molecule has 3 nitrogen and oxygen atoms in total. The van der Waals surface area contributed by atoms with Gasteiger partial charge in [-0.1, -0.05) is 6.07 Å². The number of rotatable bonds is 2. The number of hydrogen-bond donors (Lipinski definition) is 1. The van der Waals surface area contributed by atoms with E-state index in [4.69, 9.17) is 5.73 Å². The van der Waals surface area contributed by atoms with Crippen LogP contribution in [0.1, 0.15) is 15.9 Å². The Morgan fingerprint density at radius 1 is 1.47 bits per heavy atom. The lowest BCUT2D eigenvalue weighted by atomic mass is 9.98. The van der Waals surface area contributed by atoms with Crippen molar-refractivity contribution in [3.63, 3.8) is 0 Å². The molecule has 0 radical (unpaired) electrons. The van der Waals surface area contributed by atoms with E-state index in [-0.39, 0.29) is 11.7 Å². The molecule has 1 aliphatic heterocycles. The predicted octanol–water partition coefficient (Wildman–Crippen LogP) is 0.783. The van der Waals surface area contributed by atoms with Gasteiger partial charge in [-0.15, -0.1) is 0 Å². The zero-order valence-corrected chi connectivity index (χ0v) is 8.37. The van der Waals surface area contributed by atoms with Crippen LogP contribution in [0.4, 0.5) is 4.39 Å². The molecule has 0 bridgehead atoms. The number of fused-ring (bicyclic) bond motifs is 1. The van der Waals surface area contributed by atoms with Gasteiger partial charge in [-0.25, -0.2) is 4.39 Å². The van der Waals surface area contributed by atoms with Crippen molar-refractivity contribution in [2.45, 2.75) is 6.42 Å². The fourth-order valence-electron chi connectivity index (χ4n) is 1.90. The van der Waals surface area contributed by atoms with E-state index in [0.717, 1.165) is 0 Å². The first-order valence-electron chi connectivity index (χ1n) is 5.00. The number of benzene rings is 1. The summed E-state index contributed by atoms with van der Waals surface area (Å²) in [5, 5.41) is 0. The molecule has 0 saturated carbocycles. The summed E-state index contributed by atoms with van der Waals surface area (Å²) in [5.41, 5.74) is 6.42. The number of nitrogens with zero attached hydrogens (tertiary/aromatic N) is 1. The van der Waals surface area contributed by atoms with E-state index in [9.17, 15) is 9.18 Å². The molecular weight excluding hydrogens is 195 g/mol. The van der Waals surface area contributed by atoms with Crippen LogP contribution in [0.2, 0.25) is 0 Å². The Kier molecular flexibility index (Phi) is 2.68. The smallest absolute Gasteiger partial charge is 0.254 e. The van der Waals surface area contributed by atoms with Gasteiger partial charge in [-0.05, 0) is 18.6 Å². The van der Waals surface area contributed by atoms with E-state index in [0.29, 0.717) is 37.2 Å². The predicted molar refractivity (Wildman–Crippen MR) is 55.1 cm³/mol. The number of halogens is 1. The Bertz CT molecular complexity index is 392. The van der Waals surface area contributed by atoms with Crippen LogP contribution in [0.15, 0.2) is 18.2 Å². The molecule has 1 amide bonds. The Morgan fingerprint density at radius 3 is 3.00 bits per heavy atom. The molecule has 0 aromatic heterocycles. The summed E-state index contributed by atoms with van der Waals surface area (Å²) in [7, 11) is 0. The minimum absolute atomic E-state index is 0.110. The number of carbonyl (C=O) groups excluding carboxylic acids is 1. The number of hydrogen-bond acceptors (Lipinski definition) is 2. The second kappa shape index (κ2) is 3.98. The summed E-state index contributed by atoms with van der Waals surface area (Å²) in [4.78, 5) is 13.5. The summed E-state index contributed by atoms with van der Waals surface area (Å²) in [6.07, 6.45) is 0.577. The standard InChI is InChI=1S/C11H13FN2O/c12-10-3-1-2-9-8(10)4-6-14(7-5-13)11(9)15/h1-3H,4-7,13H2. The van der Waals surface area contributed by atoms with Crippen LogP contribution in [0.3, 0.4) is 0 Å². The van der Waals surface area contributed by atoms with Crippen molar-refractivity contribution in [2.24, 2.45) is 5.73 Å². The summed E-state index contributed by atoms with van der Waals surface area (Å²) in [5.74, 6) is -0.394. The fourth-order valence-corrected chi connectivity index (χ4v) is 1.90. The van der Waals surface area contributed by atoms with Gasteiger partial charge < -0.3 is 10.6 Å². The Labute approximate surface area is 87.7 Å². The van der Waals surface area contributed by atoms with E-state index in [1.54, 1.807) is 17.0 Å². The summed E-state index contributed by atoms with van der Waals surface area (Å²) < 4.78 is 13.4. The van der Waals surface area contributed by atoms with Crippen molar-refractivity contribution in [1.82, 2.24) is 4.90 Å². The Hall–Kier alpha value is -1.42.